The van der Waals surface area contributed by atoms with E-state index in [0.717, 1.165) is 25.9 Å². The summed E-state index contributed by atoms with van der Waals surface area (Å²) in [4.78, 5) is 11.0. The largest absolute Gasteiger partial charge is 0.490 e. The summed E-state index contributed by atoms with van der Waals surface area (Å²) in [6.45, 7) is 4.53. The lowest BCUT2D eigenvalue weighted by atomic mass is 10.1. The molecule has 1 aliphatic rings. The molecule has 0 aliphatic carbocycles. The molecule has 2 rings (SSSR count). The summed E-state index contributed by atoms with van der Waals surface area (Å²) < 4.78 is 16.5. The van der Waals surface area contributed by atoms with Gasteiger partial charge in [-0.15, -0.1) is 0 Å². The molecule has 1 atom stereocenters. The van der Waals surface area contributed by atoms with Crippen LogP contribution in [0.1, 0.15) is 23.7 Å². The standard InChI is InChI=1S/C14H18O4/c1-2-17-13-5-3-4-12(8-15)14(13)18-10-11-6-7-16-9-11/h3-5,8,11H,2,6-7,9-10H2,1H3. The van der Waals surface area contributed by atoms with E-state index >= 15 is 0 Å². The second-order valence-electron chi connectivity index (χ2n) is 4.27. The van der Waals surface area contributed by atoms with E-state index in [0.29, 0.717) is 36.2 Å². The van der Waals surface area contributed by atoms with Crippen molar-refractivity contribution in [3.05, 3.63) is 23.8 Å². The number of hydrogen-bond donors (Lipinski definition) is 0. The average Bonchev–Trinajstić information content (AvgIpc) is 2.90. The number of carbonyl (C=O) groups is 1. The normalized spacial score (nSPS) is 18.6. The molecule has 1 heterocycles. The number of ether oxygens (including phenoxy) is 3. The van der Waals surface area contributed by atoms with Crippen LogP contribution in [0.25, 0.3) is 0 Å². The van der Waals surface area contributed by atoms with E-state index in [9.17, 15) is 4.79 Å². The number of hydrogen-bond acceptors (Lipinski definition) is 4. The molecule has 1 saturated heterocycles. The Kier molecular flexibility index (Phi) is 4.59. The van der Waals surface area contributed by atoms with Crippen molar-refractivity contribution in [2.45, 2.75) is 13.3 Å². The van der Waals surface area contributed by atoms with Crippen LogP contribution in [0, 0.1) is 5.92 Å². The van der Waals surface area contributed by atoms with Crippen LogP contribution in [0.2, 0.25) is 0 Å². The summed E-state index contributed by atoms with van der Waals surface area (Å²) in [6.07, 6.45) is 1.80. The van der Waals surface area contributed by atoms with Crippen LogP contribution in [0.5, 0.6) is 11.5 Å². The lowest BCUT2D eigenvalue weighted by molar-refractivity contribution is 0.111. The Balaban J connectivity index is 2.09. The molecule has 0 radical (unpaired) electrons. The molecule has 0 N–H and O–H groups in total. The summed E-state index contributed by atoms with van der Waals surface area (Å²) in [5, 5.41) is 0. The first-order valence-corrected chi connectivity index (χ1v) is 6.26. The van der Waals surface area contributed by atoms with E-state index in [1.54, 1.807) is 12.1 Å². The minimum atomic E-state index is 0.402. The maximum absolute atomic E-state index is 11.0. The predicted octanol–water partition coefficient (Wildman–Crippen LogP) is 2.31. The maximum atomic E-state index is 11.0. The Labute approximate surface area is 107 Å². The summed E-state index contributed by atoms with van der Waals surface area (Å²) in [5.41, 5.74) is 0.528. The van der Waals surface area contributed by atoms with E-state index in [2.05, 4.69) is 0 Å². The third-order valence-electron chi connectivity index (χ3n) is 2.92. The van der Waals surface area contributed by atoms with Crippen LogP contribution in [0.15, 0.2) is 18.2 Å². The summed E-state index contributed by atoms with van der Waals surface area (Å²) in [7, 11) is 0. The topological polar surface area (TPSA) is 44.8 Å². The van der Waals surface area contributed by atoms with Crippen molar-refractivity contribution in [1.82, 2.24) is 0 Å². The van der Waals surface area contributed by atoms with Crippen LogP contribution >= 0.6 is 0 Å². The van der Waals surface area contributed by atoms with Crippen LogP contribution in [-0.4, -0.2) is 32.7 Å². The average molecular weight is 250 g/mol. The van der Waals surface area contributed by atoms with Crippen molar-refractivity contribution in [1.29, 1.82) is 0 Å². The minimum absolute atomic E-state index is 0.402. The zero-order valence-electron chi connectivity index (χ0n) is 10.6. The molecule has 4 heteroatoms. The first-order chi connectivity index (χ1) is 8.85. The van der Waals surface area contributed by atoms with Gasteiger partial charge in [-0.05, 0) is 25.5 Å². The van der Waals surface area contributed by atoms with Gasteiger partial charge in [0.25, 0.3) is 0 Å². The van der Waals surface area contributed by atoms with E-state index in [1.165, 1.54) is 0 Å². The molecule has 18 heavy (non-hydrogen) atoms. The third kappa shape index (κ3) is 3.01. The highest BCUT2D eigenvalue weighted by atomic mass is 16.5. The van der Waals surface area contributed by atoms with Crippen molar-refractivity contribution < 1.29 is 19.0 Å². The monoisotopic (exact) mass is 250 g/mol. The summed E-state index contributed by atoms with van der Waals surface area (Å²) in [6, 6.07) is 5.34. The van der Waals surface area contributed by atoms with Crippen LogP contribution in [0.4, 0.5) is 0 Å². The van der Waals surface area contributed by atoms with Crippen LogP contribution in [-0.2, 0) is 4.74 Å². The van der Waals surface area contributed by atoms with Gasteiger partial charge < -0.3 is 14.2 Å². The highest BCUT2D eigenvalue weighted by molar-refractivity contribution is 5.81. The van der Waals surface area contributed by atoms with E-state index < -0.39 is 0 Å². The van der Waals surface area contributed by atoms with Gasteiger partial charge in [0.1, 0.15) is 0 Å². The van der Waals surface area contributed by atoms with Gasteiger partial charge in [0.05, 0.1) is 25.4 Å². The van der Waals surface area contributed by atoms with E-state index in [4.69, 9.17) is 14.2 Å². The zero-order valence-corrected chi connectivity index (χ0v) is 10.6. The van der Waals surface area contributed by atoms with Gasteiger partial charge in [0.2, 0.25) is 0 Å². The lowest BCUT2D eigenvalue weighted by Gasteiger charge is -2.15. The number of rotatable bonds is 6. The van der Waals surface area contributed by atoms with Crippen molar-refractivity contribution in [2.75, 3.05) is 26.4 Å². The number of para-hydroxylation sites is 1. The number of aldehydes is 1. The minimum Gasteiger partial charge on any atom is -0.490 e. The Morgan fingerprint density at radius 1 is 1.44 bits per heavy atom. The highest BCUT2D eigenvalue weighted by Crippen LogP contribution is 2.31. The molecule has 1 fully saturated rings. The Bertz CT molecular complexity index is 397. The molecule has 98 valence electrons. The second-order valence-corrected chi connectivity index (χ2v) is 4.27. The second kappa shape index (κ2) is 6.40. The molecule has 1 aromatic rings. The molecular formula is C14H18O4. The van der Waals surface area contributed by atoms with Crippen LogP contribution in [0.3, 0.4) is 0 Å². The summed E-state index contributed by atoms with van der Waals surface area (Å²) in [5.74, 6) is 1.57. The van der Waals surface area contributed by atoms with Crippen LogP contribution < -0.4 is 9.47 Å². The first-order valence-electron chi connectivity index (χ1n) is 6.26. The zero-order chi connectivity index (χ0) is 12.8. The van der Waals surface area contributed by atoms with E-state index in [1.807, 2.05) is 13.0 Å². The van der Waals surface area contributed by atoms with Crippen molar-refractivity contribution in [3.63, 3.8) is 0 Å². The number of benzene rings is 1. The first kappa shape index (κ1) is 12.9. The fourth-order valence-corrected chi connectivity index (χ4v) is 1.97. The smallest absolute Gasteiger partial charge is 0.171 e. The quantitative estimate of drug-likeness (QED) is 0.727. The van der Waals surface area contributed by atoms with Crippen molar-refractivity contribution in [2.24, 2.45) is 5.92 Å². The Morgan fingerprint density at radius 2 is 2.33 bits per heavy atom. The van der Waals surface area contributed by atoms with Gasteiger partial charge in [-0.1, -0.05) is 6.07 Å². The Hall–Kier alpha value is -1.55. The van der Waals surface area contributed by atoms with Gasteiger partial charge in [0, 0.05) is 12.5 Å². The van der Waals surface area contributed by atoms with Crippen molar-refractivity contribution in [3.8, 4) is 11.5 Å². The maximum Gasteiger partial charge on any atom is 0.171 e. The van der Waals surface area contributed by atoms with Crippen molar-refractivity contribution >= 4 is 6.29 Å². The fourth-order valence-electron chi connectivity index (χ4n) is 1.97. The molecule has 1 aliphatic heterocycles. The third-order valence-corrected chi connectivity index (χ3v) is 2.92. The molecule has 1 unspecified atom stereocenters. The van der Waals surface area contributed by atoms with Gasteiger partial charge >= 0.3 is 0 Å². The molecular weight excluding hydrogens is 232 g/mol. The molecule has 0 spiro atoms. The van der Waals surface area contributed by atoms with Gasteiger partial charge in [0.15, 0.2) is 17.8 Å². The molecule has 4 nitrogen and oxygen atoms in total. The SMILES string of the molecule is CCOc1cccc(C=O)c1OCC1CCOC1. The predicted molar refractivity (Wildman–Crippen MR) is 67.4 cm³/mol. The molecule has 0 amide bonds. The molecule has 0 aromatic heterocycles. The molecule has 1 aromatic carbocycles. The fraction of sp³-hybridized carbons (Fsp3) is 0.500. The molecule has 0 bridgehead atoms. The van der Waals surface area contributed by atoms with Gasteiger partial charge in [-0.2, -0.15) is 0 Å². The van der Waals surface area contributed by atoms with E-state index in [-0.39, 0.29) is 0 Å². The van der Waals surface area contributed by atoms with Gasteiger partial charge in [-0.3, -0.25) is 4.79 Å². The summed E-state index contributed by atoms with van der Waals surface area (Å²) >= 11 is 0. The van der Waals surface area contributed by atoms with Gasteiger partial charge in [-0.25, -0.2) is 0 Å². The Morgan fingerprint density at radius 3 is 3.00 bits per heavy atom. The lowest BCUT2D eigenvalue weighted by Crippen LogP contribution is -2.13. The number of carbonyl (C=O) groups excluding carboxylic acids is 1. The highest BCUT2D eigenvalue weighted by Gasteiger charge is 2.18. The molecule has 0 saturated carbocycles.